The van der Waals surface area contributed by atoms with Crippen molar-refractivity contribution in [3.63, 3.8) is 0 Å². The molecule has 9 heavy (non-hydrogen) atoms. The van der Waals surface area contributed by atoms with Crippen molar-refractivity contribution in [3.8, 4) is 0 Å². The molecule has 0 rings (SSSR count). The summed E-state index contributed by atoms with van der Waals surface area (Å²) in [5.74, 6) is 0. The molecule has 0 aliphatic carbocycles. The van der Waals surface area contributed by atoms with Crippen LogP contribution in [0.15, 0.2) is 0 Å². The van der Waals surface area contributed by atoms with Gasteiger partial charge in [-0.2, -0.15) is 0 Å². The average molecular weight is 132 g/mol. The molecule has 0 radical (unpaired) electrons. The van der Waals surface area contributed by atoms with Crippen molar-refractivity contribution in [1.29, 1.82) is 0 Å². The number of hydrogen-bond donors (Lipinski definition) is 3. The predicted molar refractivity (Wildman–Crippen MR) is 37.9 cm³/mol. The van der Waals surface area contributed by atoms with Crippen LogP contribution in [0.4, 0.5) is 0 Å². The highest BCUT2D eigenvalue weighted by Crippen LogP contribution is 1.86. The highest BCUT2D eigenvalue weighted by atomic mass is 16.3. The lowest BCUT2D eigenvalue weighted by Crippen LogP contribution is -2.35. The first-order chi connectivity index (χ1) is 4.16. The van der Waals surface area contributed by atoms with E-state index in [2.05, 4.69) is 5.32 Å². The maximum atomic E-state index is 9.03. The van der Waals surface area contributed by atoms with Crippen molar-refractivity contribution in [2.24, 2.45) is 5.73 Å². The summed E-state index contributed by atoms with van der Waals surface area (Å²) < 4.78 is 0. The number of aliphatic hydroxyl groups is 1. The number of hydrogen-bond acceptors (Lipinski definition) is 3. The van der Waals surface area contributed by atoms with Crippen molar-refractivity contribution in [1.82, 2.24) is 5.32 Å². The van der Waals surface area contributed by atoms with Gasteiger partial charge >= 0.3 is 0 Å². The summed E-state index contributed by atoms with van der Waals surface area (Å²) in [6.45, 7) is 4.50. The van der Waals surface area contributed by atoms with Crippen molar-refractivity contribution in [2.75, 3.05) is 6.54 Å². The van der Waals surface area contributed by atoms with Gasteiger partial charge in [-0.3, -0.25) is 5.32 Å². The van der Waals surface area contributed by atoms with Gasteiger partial charge in [0, 0.05) is 6.04 Å². The average Bonchev–Trinajstić information content (AvgIpc) is 1.63. The Kier molecular flexibility index (Phi) is 4.67. The summed E-state index contributed by atoms with van der Waals surface area (Å²) >= 11 is 0. The number of nitrogens with two attached hydrogens (primary N) is 1. The zero-order chi connectivity index (χ0) is 7.28. The normalized spacial score (nSPS) is 14.3. The van der Waals surface area contributed by atoms with Gasteiger partial charge in [0.2, 0.25) is 0 Å². The van der Waals surface area contributed by atoms with Crippen molar-refractivity contribution in [2.45, 2.75) is 32.5 Å². The van der Waals surface area contributed by atoms with Gasteiger partial charge < -0.3 is 10.8 Å². The summed E-state index contributed by atoms with van der Waals surface area (Å²) in [6, 6.07) is 0.326. The predicted octanol–water partition coefficient (Wildman–Crippen LogP) is -0.348. The monoisotopic (exact) mass is 132 g/mol. The molecule has 0 aromatic rings. The molecule has 0 saturated carbocycles. The van der Waals surface area contributed by atoms with E-state index >= 15 is 0 Å². The second-order valence-corrected chi connectivity index (χ2v) is 2.41. The third-order valence-corrected chi connectivity index (χ3v) is 0.966. The molecular weight excluding hydrogens is 116 g/mol. The van der Waals surface area contributed by atoms with E-state index in [-0.39, 0.29) is 0 Å². The highest BCUT2D eigenvalue weighted by molar-refractivity contribution is 4.57. The van der Waals surface area contributed by atoms with E-state index in [1.54, 1.807) is 0 Å². The van der Waals surface area contributed by atoms with E-state index in [1.165, 1.54) is 0 Å². The van der Waals surface area contributed by atoms with Crippen LogP contribution in [0.2, 0.25) is 0 Å². The summed E-state index contributed by atoms with van der Waals surface area (Å²) in [4.78, 5) is 0. The minimum atomic E-state index is -0.435. The standard InChI is InChI=1S/C6H16N2O/c1-5(2)8-6(9)3-4-7/h5-6,8-9H,3-4,7H2,1-2H3. The van der Waals surface area contributed by atoms with Crippen LogP contribution in [-0.2, 0) is 0 Å². The molecule has 4 N–H and O–H groups in total. The minimum Gasteiger partial charge on any atom is -0.379 e. The van der Waals surface area contributed by atoms with Crippen LogP contribution in [0.25, 0.3) is 0 Å². The van der Waals surface area contributed by atoms with Gasteiger partial charge in [-0.15, -0.1) is 0 Å². The third kappa shape index (κ3) is 5.76. The van der Waals surface area contributed by atoms with Gasteiger partial charge in [-0.1, -0.05) is 0 Å². The maximum absolute atomic E-state index is 9.03. The molecule has 0 heterocycles. The second kappa shape index (κ2) is 4.73. The van der Waals surface area contributed by atoms with Crippen LogP contribution in [0.5, 0.6) is 0 Å². The smallest absolute Gasteiger partial charge is 0.106 e. The Bertz CT molecular complexity index is 66.1. The Labute approximate surface area is 56.2 Å². The molecule has 1 atom stereocenters. The minimum absolute atomic E-state index is 0.326. The molecule has 0 aliphatic rings. The van der Waals surface area contributed by atoms with E-state index in [1.807, 2.05) is 13.8 Å². The van der Waals surface area contributed by atoms with E-state index in [0.29, 0.717) is 19.0 Å². The van der Waals surface area contributed by atoms with E-state index < -0.39 is 6.23 Å². The molecule has 0 aromatic heterocycles. The molecular formula is C6H16N2O. The van der Waals surface area contributed by atoms with Gasteiger partial charge in [-0.25, -0.2) is 0 Å². The lowest BCUT2D eigenvalue weighted by molar-refractivity contribution is 0.121. The first kappa shape index (κ1) is 8.88. The molecule has 0 amide bonds. The zero-order valence-corrected chi connectivity index (χ0v) is 6.09. The molecule has 0 saturated heterocycles. The third-order valence-electron chi connectivity index (χ3n) is 0.966. The molecule has 3 nitrogen and oxygen atoms in total. The van der Waals surface area contributed by atoms with Crippen molar-refractivity contribution < 1.29 is 5.11 Å². The molecule has 3 heteroatoms. The Morgan fingerprint density at radius 3 is 2.44 bits per heavy atom. The summed E-state index contributed by atoms with van der Waals surface area (Å²) in [6.07, 6.45) is 0.188. The Hall–Kier alpha value is -0.120. The lowest BCUT2D eigenvalue weighted by Gasteiger charge is -2.13. The number of aliphatic hydroxyl groups excluding tert-OH is 1. The van der Waals surface area contributed by atoms with Crippen LogP contribution in [0.1, 0.15) is 20.3 Å². The van der Waals surface area contributed by atoms with Gasteiger partial charge in [0.15, 0.2) is 0 Å². The van der Waals surface area contributed by atoms with Crippen LogP contribution in [0.3, 0.4) is 0 Å². The van der Waals surface area contributed by atoms with E-state index in [4.69, 9.17) is 10.8 Å². The molecule has 0 fully saturated rings. The van der Waals surface area contributed by atoms with Crippen LogP contribution < -0.4 is 11.1 Å². The summed E-state index contributed by atoms with van der Waals surface area (Å²) in [7, 11) is 0. The number of nitrogens with one attached hydrogen (secondary N) is 1. The first-order valence-electron chi connectivity index (χ1n) is 3.31. The van der Waals surface area contributed by atoms with Crippen LogP contribution in [0, 0.1) is 0 Å². The van der Waals surface area contributed by atoms with Gasteiger partial charge in [0.05, 0.1) is 0 Å². The largest absolute Gasteiger partial charge is 0.379 e. The topological polar surface area (TPSA) is 58.3 Å². The SMILES string of the molecule is CC(C)NC(O)CCN. The van der Waals surface area contributed by atoms with E-state index in [0.717, 1.165) is 0 Å². The van der Waals surface area contributed by atoms with Gasteiger partial charge in [0.25, 0.3) is 0 Å². The first-order valence-corrected chi connectivity index (χ1v) is 3.31. The van der Waals surface area contributed by atoms with Crippen molar-refractivity contribution >= 4 is 0 Å². The molecule has 0 aromatic carbocycles. The Morgan fingerprint density at radius 2 is 2.11 bits per heavy atom. The van der Waals surface area contributed by atoms with Crippen LogP contribution >= 0.6 is 0 Å². The highest BCUT2D eigenvalue weighted by Gasteiger charge is 2.01. The molecule has 0 spiro atoms. The molecule has 56 valence electrons. The number of rotatable bonds is 4. The fraction of sp³-hybridized carbons (Fsp3) is 1.00. The van der Waals surface area contributed by atoms with Gasteiger partial charge in [0.1, 0.15) is 6.23 Å². The summed E-state index contributed by atoms with van der Waals surface area (Å²) in [5, 5.41) is 11.9. The fourth-order valence-corrected chi connectivity index (χ4v) is 0.626. The molecule has 0 bridgehead atoms. The second-order valence-electron chi connectivity index (χ2n) is 2.41. The maximum Gasteiger partial charge on any atom is 0.106 e. The van der Waals surface area contributed by atoms with Crippen molar-refractivity contribution in [3.05, 3.63) is 0 Å². The Balaban J connectivity index is 3.15. The lowest BCUT2D eigenvalue weighted by atomic mass is 10.3. The zero-order valence-electron chi connectivity index (χ0n) is 6.09. The fourth-order valence-electron chi connectivity index (χ4n) is 0.626. The van der Waals surface area contributed by atoms with Gasteiger partial charge in [-0.05, 0) is 26.8 Å². The summed E-state index contributed by atoms with van der Waals surface area (Å²) in [5.41, 5.74) is 5.21. The molecule has 0 aliphatic heterocycles. The van der Waals surface area contributed by atoms with E-state index in [9.17, 15) is 0 Å². The van der Waals surface area contributed by atoms with Crippen LogP contribution in [-0.4, -0.2) is 23.9 Å². The Morgan fingerprint density at radius 1 is 1.56 bits per heavy atom. The molecule has 1 unspecified atom stereocenters. The quantitative estimate of drug-likeness (QED) is 0.458.